The van der Waals surface area contributed by atoms with Crippen LogP contribution in [0.2, 0.25) is 0 Å². The maximum absolute atomic E-state index is 9.60. The molecule has 11 nitrogen and oxygen atoms in total. The smallest absolute Gasteiger partial charge is 0.212 e. The van der Waals surface area contributed by atoms with E-state index in [1.165, 1.54) is 11.8 Å². The van der Waals surface area contributed by atoms with Gasteiger partial charge in [0, 0.05) is 92.1 Å². The molecular formula is C26H28N10O. The number of aryl methyl sites for hydroxylation is 1. The van der Waals surface area contributed by atoms with Gasteiger partial charge in [0.2, 0.25) is 5.88 Å². The number of rotatable bonds is 8. The van der Waals surface area contributed by atoms with Crippen LogP contribution in [-0.2, 0) is 13.6 Å². The van der Waals surface area contributed by atoms with E-state index in [1.807, 2.05) is 44.0 Å². The van der Waals surface area contributed by atoms with Crippen LogP contribution in [0.4, 0.5) is 0 Å². The molecule has 0 bridgehead atoms. The van der Waals surface area contributed by atoms with Gasteiger partial charge in [0.25, 0.3) is 0 Å². The van der Waals surface area contributed by atoms with Crippen molar-refractivity contribution in [2.75, 3.05) is 20.2 Å². The summed E-state index contributed by atoms with van der Waals surface area (Å²) in [5.41, 5.74) is 5.13. The van der Waals surface area contributed by atoms with Crippen molar-refractivity contribution in [3.8, 4) is 23.1 Å². The van der Waals surface area contributed by atoms with E-state index in [2.05, 4.69) is 42.7 Å². The molecule has 4 aromatic rings. The van der Waals surface area contributed by atoms with Gasteiger partial charge in [-0.25, -0.2) is 9.50 Å². The summed E-state index contributed by atoms with van der Waals surface area (Å²) in [7, 11) is 3.48. The van der Waals surface area contributed by atoms with Gasteiger partial charge in [-0.3, -0.25) is 9.58 Å². The first-order chi connectivity index (χ1) is 18.1. The zero-order valence-corrected chi connectivity index (χ0v) is 20.8. The first-order valence-electron chi connectivity index (χ1n) is 12.0. The molecule has 11 heteroatoms. The third-order valence-electron chi connectivity index (χ3n) is 6.60. The highest BCUT2D eigenvalue weighted by molar-refractivity contribution is 6.11. The SMILES string of the molecule is COc1ccc(CN2CCC(N/C=C(\C=N)c3cc(-c4cnn(C)c4)cn4nnc(C#N)c34)CC2)cn1. The largest absolute Gasteiger partial charge is 0.481 e. The van der Waals surface area contributed by atoms with Gasteiger partial charge in [-0.05, 0) is 24.5 Å². The lowest BCUT2D eigenvalue weighted by Gasteiger charge is -2.32. The fourth-order valence-corrected chi connectivity index (χ4v) is 4.60. The summed E-state index contributed by atoms with van der Waals surface area (Å²) in [5, 5.41) is 33.7. The fourth-order valence-electron chi connectivity index (χ4n) is 4.60. The lowest BCUT2D eigenvalue weighted by molar-refractivity contribution is 0.196. The number of piperidine rings is 1. The Kier molecular flexibility index (Phi) is 6.91. The molecule has 0 radical (unpaired) electrons. The molecule has 1 saturated heterocycles. The number of fused-ring (bicyclic) bond motifs is 1. The normalized spacial score (nSPS) is 15.0. The Morgan fingerprint density at radius 3 is 2.73 bits per heavy atom. The van der Waals surface area contributed by atoms with Crippen molar-refractivity contribution in [3.05, 3.63) is 66.0 Å². The molecule has 37 heavy (non-hydrogen) atoms. The molecule has 2 N–H and O–H groups in total. The van der Waals surface area contributed by atoms with Crippen molar-refractivity contribution in [2.45, 2.75) is 25.4 Å². The lowest BCUT2D eigenvalue weighted by Crippen LogP contribution is -2.40. The summed E-state index contributed by atoms with van der Waals surface area (Å²) in [5.74, 6) is 0.622. The average molecular weight is 497 g/mol. The second-order valence-electron chi connectivity index (χ2n) is 9.06. The predicted octanol–water partition coefficient (Wildman–Crippen LogP) is 2.65. The summed E-state index contributed by atoms with van der Waals surface area (Å²) in [4.78, 5) is 6.71. The van der Waals surface area contributed by atoms with E-state index in [1.54, 1.807) is 22.5 Å². The van der Waals surface area contributed by atoms with Crippen LogP contribution in [-0.4, -0.2) is 66.9 Å². The molecule has 5 rings (SSSR count). The number of nitrogens with one attached hydrogen (secondary N) is 2. The molecule has 5 heterocycles. The Morgan fingerprint density at radius 1 is 1.24 bits per heavy atom. The molecule has 1 aliphatic heterocycles. The number of likely N-dealkylation sites (tertiary alicyclic amines) is 1. The van der Waals surface area contributed by atoms with E-state index in [9.17, 15) is 5.26 Å². The first kappa shape index (κ1) is 24.1. The monoisotopic (exact) mass is 496 g/mol. The first-order valence-corrected chi connectivity index (χ1v) is 12.0. The van der Waals surface area contributed by atoms with Gasteiger partial charge in [-0.15, -0.1) is 5.10 Å². The molecule has 0 unspecified atom stereocenters. The molecule has 0 aromatic carbocycles. The van der Waals surface area contributed by atoms with Crippen LogP contribution >= 0.6 is 0 Å². The van der Waals surface area contributed by atoms with Crippen LogP contribution in [0.15, 0.2) is 49.2 Å². The van der Waals surface area contributed by atoms with E-state index in [4.69, 9.17) is 10.1 Å². The summed E-state index contributed by atoms with van der Waals surface area (Å²) in [6, 6.07) is 8.31. The third kappa shape index (κ3) is 5.19. The number of nitrogens with zero attached hydrogens (tertiary/aromatic N) is 8. The van der Waals surface area contributed by atoms with Crippen molar-refractivity contribution in [3.63, 3.8) is 0 Å². The number of methoxy groups -OCH3 is 1. The number of aromatic nitrogens is 6. The van der Waals surface area contributed by atoms with E-state index in [-0.39, 0.29) is 11.7 Å². The van der Waals surface area contributed by atoms with Crippen LogP contribution in [0.5, 0.6) is 5.88 Å². The van der Waals surface area contributed by atoms with Crippen molar-refractivity contribution < 1.29 is 4.74 Å². The van der Waals surface area contributed by atoms with E-state index in [0.29, 0.717) is 17.0 Å². The number of allylic oxidation sites excluding steroid dienone is 1. The minimum atomic E-state index is 0.224. The average Bonchev–Trinajstić information content (AvgIpc) is 3.56. The number of pyridine rings is 2. The number of hydrogen-bond donors (Lipinski definition) is 2. The highest BCUT2D eigenvalue weighted by Crippen LogP contribution is 2.28. The Labute approximate surface area is 214 Å². The number of nitriles is 1. The van der Waals surface area contributed by atoms with Gasteiger partial charge < -0.3 is 15.5 Å². The maximum Gasteiger partial charge on any atom is 0.212 e. The zero-order chi connectivity index (χ0) is 25.8. The molecule has 1 fully saturated rings. The summed E-state index contributed by atoms with van der Waals surface area (Å²) >= 11 is 0. The van der Waals surface area contributed by atoms with E-state index < -0.39 is 0 Å². The molecule has 0 spiro atoms. The predicted molar refractivity (Wildman–Crippen MR) is 139 cm³/mol. The van der Waals surface area contributed by atoms with Gasteiger partial charge in [0.1, 0.15) is 11.6 Å². The fraction of sp³-hybridized carbons (Fsp3) is 0.308. The van der Waals surface area contributed by atoms with Gasteiger partial charge in [0.05, 0.1) is 13.3 Å². The van der Waals surface area contributed by atoms with Gasteiger partial charge in [-0.1, -0.05) is 11.3 Å². The Balaban J connectivity index is 1.32. The van der Waals surface area contributed by atoms with Crippen molar-refractivity contribution >= 4 is 17.3 Å². The van der Waals surface area contributed by atoms with Crippen LogP contribution in [0.1, 0.15) is 29.7 Å². The van der Waals surface area contributed by atoms with Crippen LogP contribution in [0.25, 0.3) is 22.2 Å². The topological polar surface area (TPSA) is 133 Å². The quantitative estimate of drug-likeness (QED) is 0.356. The van der Waals surface area contributed by atoms with Gasteiger partial charge in [0.15, 0.2) is 5.69 Å². The number of ether oxygens (including phenoxy) is 1. The summed E-state index contributed by atoms with van der Waals surface area (Å²) in [6.07, 6.45) is 12.5. The van der Waals surface area contributed by atoms with Crippen molar-refractivity contribution in [1.29, 1.82) is 10.7 Å². The minimum Gasteiger partial charge on any atom is -0.481 e. The van der Waals surface area contributed by atoms with Crippen molar-refractivity contribution in [2.24, 2.45) is 7.05 Å². The third-order valence-corrected chi connectivity index (χ3v) is 6.60. The zero-order valence-electron chi connectivity index (χ0n) is 20.8. The van der Waals surface area contributed by atoms with E-state index >= 15 is 0 Å². The highest BCUT2D eigenvalue weighted by atomic mass is 16.5. The van der Waals surface area contributed by atoms with Gasteiger partial charge in [-0.2, -0.15) is 10.4 Å². The molecule has 0 saturated carbocycles. The Bertz CT molecular complexity index is 1470. The lowest BCUT2D eigenvalue weighted by atomic mass is 10.0. The van der Waals surface area contributed by atoms with Crippen LogP contribution in [0, 0.1) is 16.7 Å². The summed E-state index contributed by atoms with van der Waals surface area (Å²) < 4.78 is 8.47. The molecule has 0 aliphatic carbocycles. The molecule has 1 aliphatic rings. The van der Waals surface area contributed by atoms with Crippen LogP contribution < -0.4 is 10.1 Å². The Hall–Kier alpha value is -4.56. The standard InChI is InChI=1S/C26H28N10O/c1-34-16-21(14-31-34)19-9-23(26-24(11-28)32-33-36(26)17-19)20(10-27)13-29-22-5-7-35(8-6-22)15-18-3-4-25(37-2)30-12-18/h3-4,9-10,12-14,16-17,22,27,29H,5-8,15H2,1-2H3/b20-13+,27-10?. The highest BCUT2D eigenvalue weighted by Gasteiger charge is 2.20. The second-order valence-corrected chi connectivity index (χ2v) is 9.06. The van der Waals surface area contributed by atoms with Crippen molar-refractivity contribution in [1.82, 2.24) is 39.8 Å². The summed E-state index contributed by atoms with van der Waals surface area (Å²) in [6.45, 7) is 2.78. The maximum atomic E-state index is 9.60. The molecule has 0 amide bonds. The molecule has 188 valence electrons. The van der Waals surface area contributed by atoms with Crippen LogP contribution in [0.3, 0.4) is 0 Å². The molecular weight excluding hydrogens is 468 g/mol. The molecule has 0 atom stereocenters. The second kappa shape index (κ2) is 10.6. The van der Waals surface area contributed by atoms with E-state index in [0.717, 1.165) is 49.2 Å². The Morgan fingerprint density at radius 2 is 2.08 bits per heavy atom. The minimum absolute atomic E-state index is 0.224. The van der Waals surface area contributed by atoms with Gasteiger partial charge >= 0.3 is 0 Å². The number of hydrogen-bond acceptors (Lipinski definition) is 9. The molecule has 4 aromatic heterocycles.